The number of fused-ring (bicyclic) bond motifs is 1. The maximum absolute atomic E-state index is 12.6. The molecular weight excluding hydrogens is 348 g/mol. The molecule has 1 aliphatic heterocycles. The first-order chi connectivity index (χ1) is 13.1. The summed E-state index contributed by atoms with van der Waals surface area (Å²) in [5, 5.41) is 8.18. The van der Waals surface area contributed by atoms with E-state index in [2.05, 4.69) is 20.1 Å². The molecule has 0 spiro atoms. The molecule has 9 nitrogen and oxygen atoms in total. The van der Waals surface area contributed by atoms with Gasteiger partial charge in [-0.05, 0) is 38.8 Å². The van der Waals surface area contributed by atoms with Gasteiger partial charge in [0.15, 0.2) is 11.2 Å². The van der Waals surface area contributed by atoms with Crippen LogP contribution in [-0.4, -0.2) is 55.5 Å². The van der Waals surface area contributed by atoms with E-state index < -0.39 is 5.56 Å². The van der Waals surface area contributed by atoms with E-state index in [4.69, 9.17) is 4.74 Å². The molecule has 9 heteroatoms. The summed E-state index contributed by atoms with van der Waals surface area (Å²) in [7, 11) is 1.48. The zero-order chi connectivity index (χ0) is 18.8. The second-order valence-corrected chi connectivity index (χ2v) is 7.47. The zero-order valence-corrected chi connectivity index (χ0v) is 15.8. The average molecular weight is 374 g/mol. The molecule has 1 saturated heterocycles. The first-order valence-electron chi connectivity index (χ1n) is 9.86. The summed E-state index contributed by atoms with van der Waals surface area (Å²) in [6.45, 7) is 3.44. The summed E-state index contributed by atoms with van der Waals surface area (Å²) >= 11 is 0. The van der Waals surface area contributed by atoms with Gasteiger partial charge in [0.05, 0.1) is 0 Å². The second kappa shape index (κ2) is 7.75. The molecule has 0 aromatic carbocycles. The third-order valence-corrected chi connectivity index (χ3v) is 5.66. The predicted octanol–water partition coefficient (Wildman–Crippen LogP) is 0.865. The molecule has 0 radical (unpaired) electrons. The highest BCUT2D eigenvalue weighted by Crippen LogP contribution is 2.29. The van der Waals surface area contributed by atoms with Crippen LogP contribution >= 0.6 is 0 Å². The van der Waals surface area contributed by atoms with E-state index in [1.54, 1.807) is 4.57 Å². The van der Waals surface area contributed by atoms with E-state index >= 15 is 0 Å². The largest absolute Gasteiger partial charge is 0.461 e. The lowest BCUT2D eigenvalue weighted by Crippen LogP contribution is -2.40. The van der Waals surface area contributed by atoms with Crippen molar-refractivity contribution >= 4 is 11.2 Å². The maximum atomic E-state index is 12.6. The quantitative estimate of drug-likeness (QED) is 0.766. The highest BCUT2D eigenvalue weighted by Gasteiger charge is 2.24. The molecule has 3 heterocycles. The normalized spacial score (nSPS) is 19.0. The number of piperidine rings is 1. The Labute approximate surface area is 157 Å². The number of hydrogen-bond acceptors (Lipinski definition) is 7. The first kappa shape index (κ1) is 18.1. The standard InChI is InChI=1S/C18H26N6O3/c1-22-16(25)14-15(24(18(22)26)13-7-3-4-8-13)20-21-17(19-14)27-12-11-23-9-5-2-6-10-23/h13H,2-12H2,1H3. The highest BCUT2D eigenvalue weighted by atomic mass is 16.5. The molecule has 0 bridgehead atoms. The van der Waals surface area contributed by atoms with Crippen LogP contribution in [0.1, 0.15) is 51.0 Å². The van der Waals surface area contributed by atoms with Gasteiger partial charge in [-0.1, -0.05) is 24.4 Å². The Morgan fingerprint density at radius 2 is 1.78 bits per heavy atom. The van der Waals surface area contributed by atoms with Crippen molar-refractivity contribution in [3.63, 3.8) is 0 Å². The Morgan fingerprint density at radius 3 is 2.52 bits per heavy atom. The SMILES string of the molecule is Cn1c(=O)c2nc(OCCN3CCCCC3)nnc2n(C2CCCC2)c1=O. The number of rotatable bonds is 5. The Morgan fingerprint density at radius 1 is 1.04 bits per heavy atom. The van der Waals surface area contributed by atoms with E-state index in [1.807, 2.05) is 0 Å². The summed E-state index contributed by atoms with van der Waals surface area (Å²) in [5.41, 5.74) is -0.403. The first-order valence-corrected chi connectivity index (χ1v) is 9.86. The van der Waals surface area contributed by atoms with Gasteiger partial charge in [-0.25, -0.2) is 4.79 Å². The van der Waals surface area contributed by atoms with E-state index in [1.165, 1.54) is 26.3 Å². The molecule has 0 amide bonds. The van der Waals surface area contributed by atoms with E-state index in [0.29, 0.717) is 6.61 Å². The molecular formula is C18H26N6O3. The molecule has 1 aliphatic carbocycles. The molecule has 2 aliphatic rings. The molecule has 0 N–H and O–H groups in total. The van der Waals surface area contributed by atoms with Crippen LogP contribution in [0.5, 0.6) is 6.01 Å². The van der Waals surface area contributed by atoms with Crippen molar-refractivity contribution < 1.29 is 4.74 Å². The van der Waals surface area contributed by atoms with Crippen molar-refractivity contribution in [2.75, 3.05) is 26.2 Å². The van der Waals surface area contributed by atoms with Crippen molar-refractivity contribution in [3.8, 4) is 6.01 Å². The molecule has 2 aromatic rings. The summed E-state index contributed by atoms with van der Waals surface area (Å²) in [5.74, 6) is 0. The average Bonchev–Trinajstić information content (AvgIpc) is 3.22. The number of aromatic nitrogens is 5. The lowest BCUT2D eigenvalue weighted by Gasteiger charge is -2.25. The minimum atomic E-state index is -0.458. The summed E-state index contributed by atoms with van der Waals surface area (Å²) in [6.07, 6.45) is 7.69. The van der Waals surface area contributed by atoms with Gasteiger partial charge in [0.1, 0.15) is 6.61 Å². The number of likely N-dealkylation sites (tertiary alicyclic amines) is 1. The van der Waals surface area contributed by atoms with Crippen LogP contribution in [0.25, 0.3) is 11.2 Å². The topological polar surface area (TPSA) is 95.1 Å². The Hall–Kier alpha value is -2.29. The zero-order valence-electron chi connectivity index (χ0n) is 15.8. The van der Waals surface area contributed by atoms with Gasteiger partial charge in [0.2, 0.25) is 0 Å². The monoisotopic (exact) mass is 374 g/mol. The van der Waals surface area contributed by atoms with Gasteiger partial charge in [-0.2, -0.15) is 4.98 Å². The van der Waals surface area contributed by atoms with Crippen molar-refractivity contribution in [1.82, 2.24) is 29.2 Å². The van der Waals surface area contributed by atoms with Crippen molar-refractivity contribution in [2.45, 2.75) is 51.0 Å². The van der Waals surface area contributed by atoms with Crippen molar-refractivity contribution in [2.24, 2.45) is 7.05 Å². The summed E-state index contributed by atoms with van der Waals surface area (Å²) < 4.78 is 8.33. The number of ether oxygens (including phenoxy) is 1. The number of hydrogen-bond donors (Lipinski definition) is 0. The fourth-order valence-electron chi connectivity index (χ4n) is 4.11. The fraction of sp³-hybridized carbons (Fsp3) is 0.722. The van der Waals surface area contributed by atoms with Gasteiger partial charge in [0, 0.05) is 19.6 Å². The van der Waals surface area contributed by atoms with Crippen LogP contribution in [0, 0.1) is 0 Å². The smallest absolute Gasteiger partial charge is 0.336 e. The molecule has 27 heavy (non-hydrogen) atoms. The molecule has 0 atom stereocenters. The molecule has 4 rings (SSSR count). The summed E-state index contributed by atoms with van der Waals surface area (Å²) in [4.78, 5) is 31.8. The van der Waals surface area contributed by atoms with Crippen LogP contribution in [0.15, 0.2) is 9.59 Å². The Bertz CT molecular complexity index is 925. The highest BCUT2D eigenvalue weighted by molar-refractivity contribution is 5.68. The minimum absolute atomic E-state index is 0.0498. The van der Waals surface area contributed by atoms with Crippen LogP contribution in [0.2, 0.25) is 0 Å². The lowest BCUT2D eigenvalue weighted by molar-refractivity contribution is 0.176. The molecule has 2 fully saturated rings. The maximum Gasteiger partial charge on any atom is 0.336 e. The van der Waals surface area contributed by atoms with Crippen LogP contribution in [0.4, 0.5) is 0 Å². The lowest BCUT2D eigenvalue weighted by atomic mass is 10.1. The van der Waals surface area contributed by atoms with Gasteiger partial charge in [0.25, 0.3) is 5.56 Å². The van der Waals surface area contributed by atoms with E-state index in [-0.39, 0.29) is 28.9 Å². The van der Waals surface area contributed by atoms with Gasteiger partial charge < -0.3 is 4.74 Å². The Kier molecular flexibility index (Phi) is 5.20. The van der Waals surface area contributed by atoms with Crippen LogP contribution in [-0.2, 0) is 7.05 Å². The number of nitrogens with zero attached hydrogens (tertiary/aromatic N) is 6. The predicted molar refractivity (Wildman–Crippen MR) is 100 cm³/mol. The fourth-order valence-corrected chi connectivity index (χ4v) is 4.11. The minimum Gasteiger partial charge on any atom is -0.461 e. The summed E-state index contributed by atoms with van der Waals surface area (Å²) in [6, 6.07) is 0.141. The van der Waals surface area contributed by atoms with E-state index in [9.17, 15) is 9.59 Å². The van der Waals surface area contributed by atoms with Crippen molar-refractivity contribution in [3.05, 3.63) is 20.8 Å². The third-order valence-electron chi connectivity index (χ3n) is 5.66. The van der Waals surface area contributed by atoms with Crippen LogP contribution in [0.3, 0.4) is 0 Å². The van der Waals surface area contributed by atoms with E-state index in [0.717, 1.165) is 49.9 Å². The van der Waals surface area contributed by atoms with Gasteiger partial charge >= 0.3 is 11.7 Å². The van der Waals surface area contributed by atoms with Crippen molar-refractivity contribution in [1.29, 1.82) is 0 Å². The molecule has 0 unspecified atom stereocenters. The van der Waals surface area contributed by atoms with Crippen LogP contribution < -0.4 is 16.0 Å². The van der Waals surface area contributed by atoms with Gasteiger partial charge in [-0.3, -0.25) is 18.8 Å². The molecule has 1 saturated carbocycles. The van der Waals surface area contributed by atoms with Gasteiger partial charge in [-0.15, -0.1) is 5.10 Å². The Balaban J connectivity index is 1.59. The molecule has 2 aromatic heterocycles. The molecule has 146 valence electrons. The third kappa shape index (κ3) is 3.60. The second-order valence-electron chi connectivity index (χ2n) is 7.47.